The number of amides is 1. The van der Waals surface area contributed by atoms with Crippen LogP contribution in [0.1, 0.15) is 19.7 Å². The standard InChI is InChI=1S/C15H27N7O.HI/c1-15(2,13(16)23)22-9-7-21(8-10-22)14(17-3)19-11-12-18-5-6-20(12)4;/h5-6H,7-11H2,1-4H3,(H2,16,23)(H,17,19);1H. The predicted molar refractivity (Wildman–Crippen MR) is 105 cm³/mol. The summed E-state index contributed by atoms with van der Waals surface area (Å²) in [6.45, 7) is 7.54. The molecule has 1 saturated heterocycles. The lowest BCUT2D eigenvalue weighted by molar-refractivity contribution is -0.129. The van der Waals surface area contributed by atoms with Crippen LogP contribution in [0, 0.1) is 0 Å². The third-order valence-electron chi connectivity index (χ3n) is 4.51. The van der Waals surface area contributed by atoms with Crippen LogP contribution in [0.15, 0.2) is 17.4 Å². The first-order chi connectivity index (χ1) is 10.9. The number of guanidine groups is 1. The Labute approximate surface area is 160 Å². The number of aryl methyl sites for hydroxylation is 1. The number of rotatable bonds is 4. The maximum absolute atomic E-state index is 11.6. The first-order valence-electron chi connectivity index (χ1n) is 7.83. The molecular weight excluding hydrogens is 421 g/mol. The lowest BCUT2D eigenvalue weighted by Crippen LogP contribution is -2.61. The minimum absolute atomic E-state index is 0. The first-order valence-corrected chi connectivity index (χ1v) is 7.83. The fraction of sp³-hybridized carbons (Fsp3) is 0.667. The molecule has 2 rings (SSSR count). The molecule has 136 valence electrons. The molecule has 0 aromatic carbocycles. The highest BCUT2D eigenvalue weighted by Gasteiger charge is 2.35. The van der Waals surface area contributed by atoms with E-state index >= 15 is 0 Å². The smallest absolute Gasteiger partial charge is 0.237 e. The molecule has 0 spiro atoms. The van der Waals surface area contributed by atoms with Gasteiger partial charge in [0.25, 0.3) is 0 Å². The quantitative estimate of drug-likeness (QED) is 0.384. The summed E-state index contributed by atoms with van der Waals surface area (Å²) in [5.41, 5.74) is 4.88. The molecule has 1 fully saturated rings. The Morgan fingerprint density at radius 2 is 2.00 bits per heavy atom. The molecule has 1 aliphatic heterocycles. The highest BCUT2D eigenvalue weighted by molar-refractivity contribution is 14.0. The number of aliphatic imine (C=N–C) groups is 1. The molecule has 1 aromatic rings. The Kier molecular flexibility index (Phi) is 7.46. The van der Waals surface area contributed by atoms with Crippen LogP contribution < -0.4 is 11.1 Å². The second-order valence-corrected chi connectivity index (χ2v) is 6.25. The summed E-state index contributed by atoms with van der Waals surface area (Å²) in [4.78, 5) is 24.5. The molecule has 1 aromatic heterocycles. The molecule has 2 heterocycles. The summed E-state index contributed by atoms with van der Waals surface area (Å²) in [5, 5.41) is 3.34. The minimum atomic E-state index is -0.615. The van der Waals surface area contributed by atoms with Gasteiger partial charge in [-0.3, -0.25) is 14.7 Å². The van der Waals surface area contributed by atoms with E-state index in [1.54, 1.807) is 13.2 Å². The van der Waals surface area contributed by atoms with E-state index in [0.717, 1.165) is 38.0 Å². The van der Waals surface area contributed by atoms with Gasteiger partial charge in [-0.1, -0.05) is 0 Å². The maximum atomic E-state index is 11.6. The monoisotopic (exact) mass is 449 g/mol. The zero-order chi connectivity index (χ0) is 17.0. The van der Waals surface area contributed by atoms with Crippen LogP contribution in [0.5, 0.6) is 0 Å². The Hall–Kier alpha value is -1.36. The second-order valence-electron chi connectivity index (χ2n) is 6.25. The summed E-state index contributed by atoms with van der Waals surface area (Å²) >= 11 is 0. The number of piperazine rings is 1. The van der Waals surface area contributed by atoms with E-state index in [-0.39, 0.29) is 29.9 Å². The van der Waals surface area contributed by atoms with Gasteiger partial charge in [-0.2, -0.15) is 0 Å². The molecule has 0 radical (unpaired) electrons. The van der Waals surface area contributed by atoms with Crippen molar-refractivity contribution in [3.8, 4) is 0 Å². The topological polar surface area (TPSA) is 91.8 Å². The number of carbonyl (C=O) groups excluding carboxylic acids is 1. The van der Waals surface area contributed by atoms with E-state index in [0.29, 0.717) is 6.54 Å². The van der Waals surface area contributed by atoms with Crippen LogP contribution >= 0.6 is 24.0 Å². The molecule has 1 amide bonds. The third-order valence-corrected chi connectivity index (χ3v) is 4.51. The van der Waals surface area contributed by atoms with E-state index in [1.165, 1.54) is 0 Å². The fourth-order valence-electron chi connectivity index (χ4n) is 2.69. The van der Waals surface area contributed by atoms with Gasteiger partial charge in [0.15, 0.2) is 5.96 Å². The van der Waals surface area contributed by atoms with Crippen molar-refractivity contribution in [1.29, 1.82) is 0 Å². The van der Waals surface area contributed by atoms with Crippen LogP contribution in [0.25, 0.3) is 0 Å². The third kappa shape index (κ3) is 4.59. The summed E-state index contributed by atoms with van der Waals surface area (Å²) in [5.74, 6) is 1.52. The fourth-order valence-corrected chi connectivity index (χ4v) is 2.69. The molecule has 8 nitrogen and oxygen atoms in total. The maximum Gasteiger partial charge on any atom is 0.237 e. The molecule has 9 heteroatoms. The Bertz CT molecular complexity index is 576. The van der Waals surface area contributed by atoms with Crippen LogP contribution in [0.4, 0.5) is 0 Å². The summed E-state index contributed by atoms with van der Waals surface area (Å²) in [6, 6.07) is 0. The molecule has 0 bridgehead atoms. The van der Waals surface area contributed by atoms with Gasteiger partial charge in [-0.25, -0.2) is 4.98 Å². The summed E-state index contributed by atoms with van der Waals surface area (Å²) in [6.07, 6.45) is 3.70. The van der Waals surface area contributed by atoms with Crippen molar-refractivity contribution in [1.82, 2.24) is 24.7 Å². The SMILES string of the molecule is CN=C(NCc1nccn1C)N1CCN(C(C)(C)C(N)=O)CC1.I. The highest BCUT2D eigenvalue weighted by Crippen LogP contribution is 2.16. The number of nitrogens with one attached hydrogen (secondary N) is 1. The van der Waals surface area contributed by atoms with Crippen molar-refractivity contribution in [2.24, 2.45) is 17.8 Å². The molecule has 24 heavy (non-hydrogen) atoms. The average molecular weight is 449 g/mol. The predicted octanol–water partition coefficient (Wildman–Crippen LogP) is -0.00500. The number of nitrogens with two attached hydrogens (primary N) is 1. The minimum Gasteiger partial charge on any atom is -0.368 e. The lowest BCUT2D eigenvalue weighted by atomic mass is 10.0. The van der Waals surface area contributed by atoms with Crippen molar-refractivity contribution in [3.63, 3.8) is 0 Å². The zero-order valence-corrected chi connectivity index (χ0v) is 17.2. The van der Waals surface area contributed by atoms with Gasteiger partial charge < -0.3 is 20.5 Å². The van der Waals surface area contributed by atoms with E-state index in [1.807, 2.05) is 31.7 Å². The number of hydrogen-bond acceptors (Lipinski definition) is 4. The van der Waals surface area contributed by atoms with Crippen LogP contribution in [-0.4, -0.2) is 70.0 Å². The van der Waals surface area contributed by atoms with Gasteiger partial charge in [0.2, 0.25) is 5.91 Å². The van der Waals surface area contributed by atoms with E-state index < -0.39 is 5.54 Å². The number of hydrogen-bond donors (Lipinski definition) is 2. The van der Waals surface area contributed by atoms with Crippen molar-refractivity contribution in [2.45, 2.75) is 25.9 Å². The van der Waals surface area contributed by atoms with Gasteiger partial charge in [0, 0.05) is 52.7 Å². The molecule has 3 N–H and O–H groups in total. The number of aromatic nitrogens is 2. The number of halogens is 1. The Morgan fingerprint density at radius 1 is 1.38 bits per heavy atom. The number of nitrogens with zero attached hydrogens (tertiary/aromatic N) is 5. The molecule has 0 saturated carbocycles. The highest BCUT2D eigenvalue weighted by atomic mass is 127. The van der Waals surface area contributed by atoms with Crippen molar-refractivity contribution in [3.05, 3.63) is 18.2 Å². The normalized spacial score (nSPS) is 16.7. The largest absolute Gasteiger partial charge is 0.368 e. The van der Waals surface area contributed by atoms with Crippen LogP contribution in [0.2, 0.25) is 0 Å². The summed E-state index contributed by atoms with van der Waals surface area (Å²) in [7, 11) is 3.75. The number of carbonyl (C=O) groups is 1. The van der Waals surface area contributed by atoms with E-state index in [2.05, 4.69) is 25.1 Å². The number of imidazole rings is 1. The molecule has 1 aliphatic rings. The molecule has 0 aliphatic carbocycles. The Balaban J connectivity index is 0.00000288. The van der Waals surface area contributed by atoms with Crippen molar-refractivity contribution >= 4 is 35.8 Å². The van der Waals surface area contributed by atoms with Gasteiger partial charge in [0.05, 0.1) is 12.1 Å². The van der Waals surface area contributed by atoms with Gasteiger partial charge >= 0.3 is 0 Å². The van der Waals surface area contributed by atoms with Gasteiger partial charge in [0.1, 0.15) is 5.82 Å². The Morgan fingerprint density at radius 3 is 2.46 bits per heavy atom. The van der Waals surface area contributed by atoms with Gasteiger partial charge in [-0.15, -0.1) is 24.0 Å². The zero-order valence-electron chi connectivity index (χ0n) is 14.8. The van der Waals surface area contributed by atoms with Crippen molar-refractivity contribution in [2.75, 3.05) is 33.2 Å². The second kappa shape index (κ2) is 8.65. The molecule has 0 unspecified atom stereocenters. The van der Waals surface area contributed by atoms with E-state index in [9.17, 15) is 4.79 Å². The summed E-state index contributed by atoms with van der Waals surface area (Å²) < 4.78 is 1.98. The van der Waals surface area contributed by atoms with Crippen molar-refractivity contribution < 1.29 is 4.79 Å². The van der Waals surface area contributed by atoms with Crippen LogP contribution in [0.3, 0.4) is 0 Å². The molecular formula is C15H28IN7O. The van der Waals surface area contributed by atoms with Crippen LogP contribution in [-0.2, 0) is 18.4 Å². The number of primary amides is 1. The first kappa shape index (κ1) is 20.7. The average Bonchev–Trinajstić information content (AvgIpc) is 2.93. The lowest BCUT2D eigenvalue weighted by Gasteiger charge is -2.43. The van der Waals surface area contributed by atoms with Gasteiger partial charge in [-0.05, 0) is 13.8 Å². The van der Waals surface area contributed by atoms with E-state index in [4.69, 9.17) is 5.73 Å². The molecule has 0 atom stereocenters.